The molecule has 0 saturated carbocycles. The first-order chi connectivity index (χ1) is 17.4. The summed E-state index contributed by atoms with van der Waals surface area (Å²) < 4.78 is 5.21. The number of nitrogens with one attached hydrogen (secondary N) is 2. The van der Waals surface area contributed by atoms with Gasteiger partial charge in [-0.15, -0.1) is 10.2 Å². The second-order valence-electron chi connectivity index (χ2n) is 8.80. The molecular weight excluding hydrogens is 478 g/mol. The minimum absolute atomic E-state index is 0.00375. The van der Waals surface area contributed by atoms with Gasteiger partial charge in [0.15, 0.2) is 0 Å². The van der Waals surface area contributed by atoms with Crippen molar-refractivity contribution >= 4 is 34.7 Å². The molecule has 4 rings (SSSR count). The smallest absolute Gasteiger partial charge is 0.286 e. The van der Waals surface area contributed by atoms with Crippen LogP contribution in [-0.4, -0.2) is 53.0 Å². The number of methoxy groups -OCH3 is 1. The Hall–Kier alpha value is -3.79. The highest BCUT2D eigenvalue weighted by Gasteiger charge is 2.28. The number of carbonyl (C=O) groups is 3. The molecule has 1 saturated heterocycles. The van der Waals surface area contributed by atoms with Gasteiger partial charge in [-0.2, -0.15) is 0 Å². The third-order valence-electron chi connectivity index (χ3n) is 6.11. The van der Waals surface area contributed by atoms with E-state index in [1.54, 1.807) is 12.0 Å². The van der Waals surface area contributed by atoms with Crippen molar-refractivity contribution in [3.8, 4) is 5.75 Å². The Balaban J connectivity index is 1.22. The number of rotatable bonds is 8. The van der Waals surface area contributed by atoms with E-state index in [1.165, 1.54) is 0 Å². The van der Waals surface area contributed by atoms with Crippen molar-refractivity contribution in [2.24, 2.45) is 5.92 Å². The molecule has 2 heterocycles. The van der Waals surface area contributed by atoms with Crippen LogP contribution in [0.15, 0.2) is 48.5 Å². The topological polar surface area (TPSA) is 114 Å². The molecule has 0 atom stereocenters. The highest BCUT2D eigenvalue weighted by molar-refractivity contribution is 7.15. The van der Waals surface area contributed by atoms with Gasteiger partial charge in [0.05, 0.1) is 7.11 Å². The number of hydrogen-bond donors (Lipinski definition) is 2. The lowest BCUT2D eigenvalue weighted by molar-refractivity contribution is -0.122. The molecule has 9 nitrogen and oxygen atoms in total. The fraction of sp³-hybridized carbons (Fsp3) is 0.346. The van der Waals surface area contributed by atoms with Crippen LogP contribution in [0.25, 0.3) is 0 Å². The normalized spacial score (nSPS) is 13.8. The molecule has 1 fully saturated rings. The first-order valence-electron chi connectivity index (χ1n) is 11.8. The molecule has 3 amide bonds. The Morgan fingerprint density at radius 3 is 2.50 bits per heavy atom. The van der Waals surface area contributed by atoms with Crippen molar-refractivity contribution in [1.82, 2.24) is 20.4 Å². The van der Waals surface area contributed by atoms with Gasteiger partial charge in [0.25, 0.3) is 11.8 Å². The third kappa shape index (κ3) is 6.66. The van der Waals surface area contributed by atoms with Gasteiger partial charge in [0.1, 0.15) is 5.75 Å². The lowest BCUT2D eigenvalue weighted by Gasteiger charge is -2.31. The predicted octanol–water partition coefficient (Wildman–Crippen LogP) is 3.67. The maximum Gasteiger partial charge on any atom is 0.286 e. The first-order valence-corrected chi connectivity index (χ1v) is 12.6. The number of anilines is 1. The van der Waals surface area contributed by atoms with E-state index in [9.17, 15) is 14.4 Å². The highest BCUT2D eigenvalue weighted by Crippen LogP contribution is 2.23. The number of ether oxygens (including phenoxy) is 1. The number of aryl methyl sites for hydroxylation is 1. The van der Waals surface area contributed by atoms with Crippen molar-refractivity contribution in [2.45, 2.75) is 32.7 Å². The lowest BCUT2D eigenvalue weighted by Crippen LogP contribution is -2.39. The summed E-state index contributed by atoms with van der Waals surface area (Å²) in [4.78, 5) is 39.5. The maximum atomic E-state index is 12.9. The number of likely N-dealkylation sites (tertiary alicyclic amines) is 1. The molecule has 0 spiro atoms. The van der Waals surface area contributed by atoms with Gasteiger partial charge in [-0.3, -0.25) is 14.4 Å². The fourth-order valence-electron chi connectivity index (χ4n) is 4.02. The van der Waals surface area contributed by atoms with Crippen LogP contribution in [0.5, 0.6) is 5.75 Å². The zero-order chi connectivity index (χ0) is 25.5. The Morgan fingerprint density at radius 1 is 1.06 bits per heavy atom. The van der Waals surface area contributed by atoms with E-state index in [1.807, 2.05) is 55.5 Å². The standard InChI is InChI=1S/C26H29N5O4S/c1-17-6-8-20(9-7-17)28-23(33)24-29-30-25(36-24)26(34)31-12-10-18(11-13-31)15-22(32)27-16-19-4-3-5-21(14-19)35-2/h3-9,14,18H,10-13,15-16H2,1-2H3,(H,27,32)(H,28,33). The van der Waals surface area contributed by atoms with Crippen LogP contribution in [0.2, 0.25) is 0 Å². The van der Waals surface area contributed by atoms with E-state index >= 15 is 0 Å². The molecule has 1 aromatic heterocycles. The predicted molar refractivity (Wildman–Crippen MR) is 137 cm³/mol. The van der Waals surface area contributed by atoms with Crippen LogP contribution in [0, 0.1) is 12.8 Å². The average molecular weight is 508 g/mol. The van der Waals surface area contributed by atoms with Gasteiger partial charge in [-0.05, 0) is 55.5 Å². The van der Waals surface area contributed by atoms with Crippen LogP contribution < -0.4 is 15.4 Å². The number of piperidine rings is 1. The number of benzene rings is 2. The molecule has 10 heteroatoms. The molecule has 2 N–H and O–H groups in total. The summed E-state index contributed by atoms with van der Waals surface area (Å²) in [6.07, 6.45) is 1.89. The second-order valence-corrected chi connectivity index (χ2v) is 9.78. The third-order valence-corrected chi connectivity index (χ3v) is 7.02. The maximum absolute atomic E-state index is 12.9. The Morgan fingerprint density at radius 2 is 1.78 bits per heavy atom. The summed E-state index contributed by atoms with van der Waals surface area (Å²) in [5.74, 6) is 0.339. The average Bonchev–Trinajstić information content (AvgIpc) is 3.40. The minimum Gasteiger partial charge on any atom is -0.497 e. The Labute approximate surface area is 213 Å². The number of amides is 3. The molecule has 188 valence electrons. The highest BCUT2D eigenvalue weighted by atomic mass is 32.1. The molecule has 0 aliphatic carbocycles. The summed E-state index contributed by atoms with van der Waals surface area (Å²) in [6.45, 7) is 3.49. The summed E-state index contributed by atoms with van der Waals surface area (Å²) in [6, 6.07) is 15.0. The number of aromatic nitrogens is 2. The zero-order valence-corrected chi connectivity index (χ0v) is 21.1. The van der Waals surface area contributed by atoms with E-state index in [-0.39, 0.29) is 27.7 Å². The van der Waals surface area contributed by atoms with Crippen LogP contribution in [0.3, 0.4) is 0 Å². The van der Waals surface area contributed by atoms with Crippen LogP contribution >= 0.6 is 11.3 Å². The quantitative estimate of drug-likeness (QED) is 0.481. The molecule has 0 unspecified atom stereocenters. The van der Waals surface area contributed by atoms with Crippen molar-refractivity contribution in [3.05, 3.63) is 69.7 Å². The SMILES string of the molecule is COc1cccc(CNC(=O)CC2CCN(C(=O)c3nnc(C(=O)Nc4ccc(C)cc4)s3)CC2)c1. The Kier molecular flexibility index (Phi) is 8.27. The van der Waals surface area contributed by atoms with Crippen molar-refractivity contribution < 1.29 is 19.1 Å². The van der Waals surface area contributed by atoms with E-state index in [0.717, 1.165) is 41.1 Å². The zero-order valence-electron chi connectivity index (χ0n) is 20.3. The summed E-state index contributed by atoms with van der Waals surface area (Å²) in [5, 5.41) is 13.9. The monoisotopic (exact) mass is 507 g/mol. The summed E-state index contributed by atoms with van der Waals surface area (Å²) in [7, 11) is 1.61. The second kappa shape index (κ2) is 11.8. The summed E-state index contributed by atoms with van der Waals surface area (Å²) >= 11 is 0.985. The number of nitrogens with zero attached hydrogens (tertiary/aromatic N) is 3. The van der Waals surface area contributed by atoms with E-state index < -0.39 is 5.91 Å². The molecular formula is C26H29N5O4S. The molecule has 0 radical (unpaired) electrons. The molecule has 3 aromatic rings. The molecule has 1 aliphatic rings. The van der Waals surface area contributed by atoms with E-state index in [4.69, 9.17) is 4.74 Å². The van der Waals surface area contributed by atoms with Crippen molar-refractivity contribution in [1.29, 1.82) is 0 Å². The van der Waals surface area contributed by atoms with Crippen LogP contribution in [0.1, 0.15) is 50.0 Å². The van der Waals surface area contributed by atoms with Gasteiger partial charge in [-0.25, -0.2) is 0 Å². The van der Waals surface area contributed by atoms with E-state index in [0.29, 0.717) is 31.7 Å². The van der Waals surface area contributed by atoms with Crippen molar-refractivity contribution in [3.63, 3.8) is 0 Å². The van der Waals surface area contributed by atoms with Gasteiger partial charge in [0.2, 0.25) is 15.9 Å². The molecule has 0 bridgehead atoms. The molecule has 2 aromatic carbocycles. The fourth-order valence-corrected chi connectivity index (χ4v) is 4.72. The minimum atomic E-state index is -0.394. The van der Waals surface area contributed by atoms with Crippen LogP contribution in [-0.2, 0) is 11.3 Å². The first kappa shape index (κ1) is 25.3. The Bertz CT molecular complexity index is 1220. The summed E-state index contributed by atoms with van der Waals surface area (Å²) in [5.41, 5.74) is 2.73. The lowest BCUT2D eigenvalue weighted by atomic mass is 9.93. The largest absolute Gasteiger partial charge is 0.497 e. The van der Waals surface area contributed by atoms with Gasteiger partial charge in [-0.1, -0.05) is 41.2 Å². The van der Waals surface area contributed by atoms with Gasteiger partial charge in [0, 0.05) is 31.7 Å². The van der Waals surface area contributed by atoms with Crippen LogP contribution in [0.4, 0.5) is 5.69 Å². The molecule has 1 aliphatic heterocycles. The number of carbonyl (C=O) groups excluding carboxylic acids is 3. The van der Waals surface area contributed by atoms with Gasteiger partial charge >= 0.3 is 0 Å². The van der Waals surface area contributed by atoms with Gasteiger partial charge < -0.3 is 20.3 Å². The number of hydrogen-bond acceptors (Lipinski definition) is 7. The van der Waals surface area contributed by atoms with Crippen molar-refractivity contribution in [2.75, 3.05) is 25.5 Å². The van der Waals surface area contributed by atoms with E-state index in [2.05, 4.69) is 20.8 Å². The molecule has 36 heavy (non-hydrogen) atoms.